The third kappa shape index (κ3) is 4.04. The molecule has 1 aliphatic carbocycles. The first kappa shape index (κ1) is 25.7. The first-order chi connectivity index (χ1) is 21.2. The topological polar surface area (TPSA) is 43.0 Å². The molecule has 0 radical (unpaired) electrons. The zero-order valence-corrected chi connectivity index (χ0v) is 24.2. The average Bonchev–Trinajstić information content (AvgIpc) is 3.39. The molecule has 0 saturated carbocycles. The van der Waals surface area contributed by atoms with Gasteiger partial charge in [0.1, 0.15) is 0 Å². The highest BCUT2D eigenvalue weighted by Crippen LogP contribution is 2.41. The van der Waals surface area contributed by atoms with Gasteiger partial charge in [-0.1, -0.05) is 121 Å². The first-order valence-corrected chi connectivity index (χ1v) is 15.0. The molecule has 3 N–H and O–H groups in total. The molecule has 6 aromatic carbocycles. The quantitative estimate of drug-likeness (QED) is 0.164. The van der Waals surface area contributed by atoms with E-state index in [0.29, 0.717) is 0 Å². The summed E-state index contributed by atoms with van der Waals surface area (Å²) in [4.78, 5) is 0. The largest absolute Gasteiger partial charge is 0.312 e. The van der Waals surface area contributed by atoms with Gasteiger partial charge in [0.25, 0.3) is 0 Å². The van der Waals surface area contributed by atoms with E-state index in [4.69, 9.17) is 5.84 Å². The summed E-state index contributed by atoms with van der Waals surface area (Å²) in [5.41, 5.74) is 12.4. The smallest absolute Gasteiger partial charge is 0.0796 e. The number of hydrogen-bond acceptors (Lipinski definition) is 2. The van der Waals surface area contributed by atoms with Crippen LogP contribution < -0.4 is 11.3 Å². The molecule has 3 heteroatoms. The van der Waals surface area contributed by atoms with Gasteiger partial charge < -0.3 is 4.57 Å². The number of allylic oxidation sites excluding steroid dienone is 1. The first-order valence-electron chi connectivity index (χ1n) is 15.0. The Labute approximate surface area is 251 Å². The van der Waals surface area contributed by atoms with Gasteiger partial charge in [0.2, 0.25) is 0 Å². The fraction of sp³-hybridized carbons (Fsp3) is 0.100. The van der Waals surface area contributed by atoms with E-state index in [-0.39, 0.29) is 0 Å². The van der Waals surface area contributed by atoms with Crippen LogP contribution in [-0.4, -0.2) is 4.57 Å². The van der Waals surface area contributed by atoms with Crippen molar-refractivity contribution in [2.24, 2.45) is 5.84 Å². The molecule has 0 spiro atoms. The van der Waals surface area contributed by atoms with E-state index in [1.54, 1.807) is 0 Å². The number of hydrazine groups is 1. The van der Waals surface area contributed by atoms with E-state index >= 15 is 0 Å². The summed E-state index contributed by atoms with van der Waals surface area (Å²) in [6, 6.07) is 45.9. The zero-order chi connectivity index (χ0) is 29.0. The van der Waals surface area contributed by atoms with E-state index in [1.807, 2.05) is 6.07 Å². The molecule has 8 rings (SSSR count). The summed E-state index contributed by atoms with van der Waals surface area (Å²) in [7, 11) is 0. The van der Waals surface area contributed by atoms with Crippen LogP contribution in [0.5, 0.6) is 0 Å². The third-order valence-corrected chi connectivity index (χ3v) is 9.35. The number of nitrogens with two attached hydrogens (primary N) is 1. The Kier molecular flexibility index (Phi) is 6.04. The molecule has 0 aliphatic heterocycles. The summed E-state index contributed by atoms with van der Waals surface area (Å²) in [5.74, 6) is 6.40. The summed E-state index contributed by atoms with van der Waals surface area (Å²) in [5, 5.41) is 6.25. The summed E-state index contributed by atoms with van der Waals surface area (Å²) < 4.78 is 2.51. The Morgan fingerprint density at radius 3 is 2.12 bits per heavy atom. The maximum atomic E-state index is 6.40. The molecule has 1 aliphatic rings. The fourth-order valence-electron chi connectivity index (χ4n) is 7.04. The lowest BCUT2D eigenvalue weighted by atomic mass is 9.81. The lowest BCUT2D eigenvalue weighted by molar-refractivity contribution is 0.455. The van der Waals surface area contributed by atoms with Crippen molar-refractivity contribution in [3.8, 4) is 16.8 Å². The Balaban J connectivity index is 1.33. The number of fused-ring (bicyclic) bond motifs is 5. The van der Waals surface area contributed by atoms with Crippen molar-refractivity contribution in [1.29, 1.82) is 0 Å². The van der Waals surface area contributed by atoms with Crippen molar-refractivity contribution in [2.45, 2.75) is 25.3 Å². The van der Waals surface area contributed by atoms with E-state index in [0.717, 1.165) is 24.0 Å². The van der Waals surface area contributed by atoms with Crippen molar-refractivity contribution in [1.82, 2.24) is 9.99 Å². The molecule has 7 aromatic rings. The second-order valence-electron chi connectivity index (χ2n) is 11.7. The van der Waals surface area contributed by atoms with Gasteiger partial charge in [-0.15, -0.1) is 0 Å². The van der Waals surface area contributed by atoms with Crippen molar-refractivity contribution < 1.29 is 0 Å². The number of hydrogen-bond donors (Lipinski definition) is 2. The molecular weight excluding hydrogens is 522 g/mol. The minimum absolute atomic E-state index is 0.593. The number of benzene rings is 6. The number of aromatic nitrogens is 1. The highest BCUT2D eigenvalue weighted by atomic mass is 15.3. The molecule has 0 bridgehead atoms. The maximum absolute atomic E-state index is 6.40. The average molecular weight is 556 g/mol. The van der Waals surface area contributed by atoms with Gasteiger partial charge >= 0.3 is 0 Å². The Hall–Kier alpha value is -4.96. The molecule has 1 atom stereocenters. The molecule has 1 unspecified atom stereocenters. The van der Waals surface area contributed by atoms with Gasteiger partial charge in [0.05, 0.1) is 16.7 Å². The third-order valence-electron chi connectivity index (χ3n) is 9.35. The van der Waals surface area contributed by atoms with Crippen LogP contribution >= 0.6 is 0 Å². The molecule has 3 nitrogen and oxygen atoms in total. The summed E-state index contributed by atoms with van der Waals surface area (Å²) in [6.45, 7) is 2.18. The molecule has 0 saturated heterocycles. The standard InChI is InChI=1S/C40H33N3/c1-40(42-41,31-21-19-28(20-22-31)27-11-3-2-4-12-27)36-23-24-38(33-16-8-7-15-32(33)36)43-37-18-10-9-17-34(37)35-25-29-13-5-6-14-30(29)26-39(35)43/h2-9,11-17,19-26,42H,10,18,41H2,1H3. The van der Waals surface area contributed by atoms with Crippen LogP contribution in [0, 0.1) is 0 Å². The van der Waals surface area contributed by atoms with Gasteiger partial charge in [-0.2, -0.15) is 0 Å². The SMILES string of the molecule is CC(NN)(c1ccc(-c2ccccc2)cc1)c1ccc(-n2c3c(c4cc5ccccc5cc42)C=CCC3)c2ccccc12. The normalized spacial score (nSPS) is 14.3. The van der Waals surface area contributed by atoms with Crippen molar-refractivity contribution in [3.05, 3.63) is 156 Å². The summed E-state index contributed by atoms with van der Waals surface area (Å²) >= 11 is 0. The molecule has 0 amide bonds. The summed E-state index contributed by atoms with van der Waals surface area (Å²) in [6.07, 6.45) is 6.69. The monoisotopic (exact) mass is 555 g/mol. The van der Waals surface area contributed by atoms with Gasteiger partial charge in [0.15, 0.2) is 0 Å². The van der Waals surface area contributed by atoms with Crippen molar-refractivity contribution in [2.75, 3.05) is 0 Å². The van der Waals surface area contributed by atoms with Crippen molar-refractivity contribution in [3.63, 3.8) is 0 Å². The second kappa shape index (κ2) is 10.1. The number of nitrogens with one attached hydrogen (secondary N) is 1. The molecule has 43 heavy (non-hydrogen) atoms. The lowest BCUT2D eigenvalue weighted by Crippen LogP contribution is -2.45. The van der Waals surface area contributed by atoms with Crippen LogP contribution in [0.3, 0.4) is 0 Å². The van der Waals surface area contributed by atoms with Crippen LogP contribution in [0.15, 0.2) is 133 Å². The van der Waals surface area contributed by atoms with E-state index in [2.05, 4.69) is 150 Å². The zero-order valence-electron chi connectivity index (χ0n) is 24.2. The van der Waals surface area contributed by atoms with Gasteiger partial charge in [-0.25, -0.2) is 5.43 Å². The number of nitrogens with zero attached hydrogens (tertiary/aromatic N) is 1. The Morgan fingerprint density at radius 1 is 0.674 bits per heavy atom. The Bertz CT molecular complexity index is 2170. The van der Waals surface area contributed by atoms with Crippen LogP contribution in [0.4, 0.5) is 0 Å². The van der Waals surface area contributed by atoms with E-state index < -0.39 is 5.54 Å². The van der Waals surface area contributed by atoms with Crippen LogP contribution in [0.1, 0.15) is 35.7 Å². The minimum Gasteiger partial charge on any atom is -0.312 e. The molecular formula is C40H33N3. The Morgan fingerprint density at radius 2 is 1.35 bits per heavy atom. The highest BCUT2D eigenvalue weighted by molar-refractivity contribution is 6.04. The van der Waals surface area contributed by atoms with Crippen molar-refractivity contribution >= 4 is 38.5 Å². The van der Waals surface area contributed by atoms with Gasteiger partial charge in [-0.05, 0) is 76.4 Å². The molecule has 208 valence electrons. The van der Waals surface area contributed by atoms with Crippen LogP contribution in [0.25, 0.3) is 55.3 Å². The van der Waals surface area contributed by atoms with Gasteiger partial charge in [-0.3, -0.25) is 5.84 Å². The fourth-order valence-corrected chi connectivity index (χ4v) is 7.04. The molecule has 0 fully saturated rings. The predicted molar refractivity (Wildman–Crippen MR) is 181 cm³/mol. The van der Waals surface area contributed by atoms with Gasteiger partial charge in [0, 0.05) is 22.0 Å². The predicted octanol–water partition coefficient (Wildman–Crippen LogP) is 9.29. The lowest BCUT2D eigenvalue weighted by Gasteiger charge is -2.32. The van der Waals surface area contributed by atoms with E-state index in [9.17, 15) is 0 Å². The van der Waals surface area contributed by atoms with Crippen LogP contribution in [0.2, 0.25) is 0 Å². The van der Waals surface area contributed by atoms with Crippen LogP contribution in [-0.2, 0) is 12.0 Å². The highest BCUT2D eigenvalue weighted by Gasteiger charge is 2.30. The number of rotatable bonds is 5. The van der Waals surface area contributed by atoms with E-state index in [1.165, 1.54) is 60.5 Å². The minimum atomic E-state index is -0.593. The molecule has 1 heterocycles. The maximum Gasteiger partial charge on any atom is 0.0796 e. The molecule has 1 aromatic heterocycles. The second-order valence-corrected chi connectivity index (χ2v) is 11.7.